The molecule has 1 amide bonds. The summed E-state index contributed by atoms with van der Waals surface area (Å²) in [6, 6.07) is 8.15. The zero-order valence-corrected chi connectivity index (χ0v) is 23.2. The van der Waals surface area contributed by atoms with Crippen molar-refractivity contribution in [1.29, 1.82) is 0 Å². The number of methoxy groups -OCH3 is 1. The Morgan fingerprint density at radius 1 is 1.16 bits per heavy atom. The van der Waals surface area contributed by atoms with Gasteiger partial charge in [0.05, 0.1) is 40.8 Å². The van der Waals surface area contributed by atoms with E-state index in [2.05, 4.69) is 43.2 Å². The number of ether oxygens (including phenoxy) is 2. The quantitative estimate of drug-likeness (QED) is 0.355. The van der Waals surface area contributed by atoms with E-state index in [1.54, 1.807) is 12.0 Å². The van der Waals surface area contributed by atoms with Crippen LogP contribution in [0, 0.1) is 25.7 Å². The molecule has 8 nitrogen and oxygen atoms in total. The first-order chi connectivity index (χ1) is 18.1. The van der Waals surface area contributed by atoms with Crippen LogP contribution in [0.5, 0.6) is 0 Å². The van der Waals surface area contributed by atoms with Crippen LogP contribution in [0.3, 0.4) is 0 Å². The van der Waals surface area contributed by atoms with Crippen molar-refractivity contribution in [1.82, 2.24) is 24.0 Å². The number of imidazole rings is 1. The first-order valence-electron chi connectivity index (χ1n) is 13.0. The summed E-state index contributed by atoms with van der Waals surface area (Å²) in [5, 5.41) is 1.04. The van der Waals surface area contributed by atoms with Gasteiger partial charge in [-0.1, -0.05) is 11.8 Å². The van der Waals surface area contributed by atoms with E-state index in [0.29, 0.717) is 13.2 Å². The Bertz CT molecular complexity index is 1580. The number of aryl methyl sites for hydroxylation is 3. The maximum Gasteiger partial charge on any atom is 0.410 e. The Labute approximate surface area is 223 Å². The number of fused-ring (bicyclic) bond motifs is 2. The summed E-state index contributed by atoms with van der Waals surface area (Å²) in [5.74, 6) is 7.71. The van der Waals surface area contributed by atoms with Crippen molar-refractivity contribution in [3.8, 4) is 11.8 Å². The third-order valence-corrected chi connectivity index (χ3v) is 7.15. The maximum absolute atomic E-state index is 13.0. The molecule has 0 spiro atoms. The second-order valence-electron chi connectivity index (χ2n) is 11.0. The lowest BCUT2D eigenvalue weighted by Crippen LogP contribution is -2.41. The number of nitrogens with zero attached hydrogens (tertiary/aromatic N) is 5. The van der Waals surface area contributed by atoms with Gasteiger partial charge in [0.25, 0.3) is 0 Å². The number of benzene rings is 1. The molecule has 38 heavy (non-hydrogen) atoms. The standard InChI is InChI=1S/C30H35N5O3/c1-19-28-22(10-8-21-9-11-26-25(14-21)32-20(2)33(26)6)16-34(27(28)12-13-31-19)23-15-24(18-37-7)35(17-23)29(36)38-30(3,4)5/h9,11-14,16,23-24H,15,17-18H2,1-7H3/t23-,24+/m0/s1. The molecule has 1 saturated heterocycles. The van der Waals surface area contributed by atoms with E-state index >= 15 is 0 Å². The van der Waals surface area contributed by atoms with Gasteiger partial charge in [0.2, 0.25) is 0 Å². The van der Waals surface area contributed by atoms with Gasteiger partial charge in [-0.2, -0.15) is 0 Å². The summed E-state index contributed by atoms with van der Waals surface area (Å²) in [5.41, 5.74) is 5.29. The minimum Gasteiger partial charge on any atom is -0.444 e. The highest BCUT2D eigenvalue weighted by Gasteiger charge is 2.38. The molecule has 0 saturated carbocycles. The first-order valence-corrected chi connectivity index (χ1v) is 13.0. The molecule has 0 aliphatic carbocycles. The molecule has 1 aliphatic rings. The molecule has 8 heteroatoms. The zero-order chi connectivity index (χ0) is 27.2. The molecule has 1 aromatic carbocycles. The monoisotopic (exact) mass is 513 g/mol. The minimum absolute atomic E-state index is 0.0652. The van der Waals surface area contributed by atoms with Crippen LogP contribution < -0.4 is 0 Å². The van der Waals surface area contributed by atoms with Crippen LogP contribution in [0.4, 0.5) is 4.79 Å². The molecule has 0 N–H and O–H groups in total. The highest BCUT2D eigenvalue weighted by molar-refractivity contribution is 5.89. The van der Waals surface area contributed by atoms with Gasteiger partial charge in [-0.05, 0) is 65.3 Å². The van der Waals surface area contributed by atoms with Crippen molar-refractivity contribution >= 4 is 28.0 Å². The van der Waals surface area contributed by atoms with Crippen molar-refractivity contribution < 1.29 is 14.3 Å². The second-order valence-corrected chi connectivity index (χ2v) is 11.0. The predicted octanol–water partition coefficient (Wildman–Crippen LogP) is 5.14. The largest absolute Gasteiger partial charge is 0.444 e. The number of carbonyl (C=O) groups is 1. The molecular weight excluding hydrogens is 478 g/mol. The van der Waals surface area contributed by atoms with Crippen molar-refractivity contribution in [2.45, 2.75) is 58.7 Å². The van der Waals surface area contributed by atoms with E-state index in [1.807, 2.05) is 66.1 Å². The average molecular weight is 514 g/mol. The Morgan fingerprint density at radius 2 is 1.95 bits per heavy atom. The van der Waals surface area contributed by atoms with Crippen LogP contribution in [0.25, 0.3) is 21.9 Å². The summed E-state index contributed by atoms with van der Waals surface area (Å²) < 4.78 is 15.5. The van der Waals surface area contributed by atoms with E-state index in [-0.39, 0.29) is 18.2 Å². The molecule has 2 atom stereocenters. The average Bonchev–Trinajstić information content (AvgIpc) is 3.51. The van der Waals surface area contributed by atoms with Gasteiger partial charge in [0.15, 0.2) is 0 Å². The molecule has 3 aromatic heterocycles. The molecule has 4 aromatic rings. The number of likely N-dealkylation sites (tertiary alicyclic amines) is 1. The summed E-state index contributed by atoms with van der Waals surface area (Å²) in [6.07, 6.45) is 4.39. The van der Waals surface area contributed by atoms with Crippen molar-refractivity contribution in [3.63, 3.8) is 0 Å². The lowest BCUT2D eigenvalue weighted by molar-refractivity contribution is 0.0146. The summed E-state index contributed by atoms with van der Waals surface area (Å²) in [7, 11) is 3.68. The van der Waals surface area contributed by atoms with E-state index in [0.717, 1.165) is 51.0 Å². The first kappa shape index (κ1) is 25.8. The zero-order valence-electron chi connectivity index (χ0n) is 23.2. The van der Waals surface area contributed by atoms with Gasteiger partial charge in [-0.25, -0.2) is 9.78 Å². The normalized spacial score (nSPS) is 17.7. The van der Waals surface area contributed by atoms with Crippen molar-refractivity contribution in [2.75, 3.05) is 20.3 Å². The fourth-order valence-corrected chi connectivity index (χ4v) is 5.30. The van der Waals surface area contributed by atoms with E-state index < -0.39 is 5.60 Å². The number of pyridine rings is 1. The SMILES string of the molecule is COC[C@H]1C[C@H](n2cc(C#Cc3ccc4c(c3)nc(C)n4C)c3c(C)nccc32)CN1C(=O)OC(C)(C)C. The van der Waals surface area contributed by atoms with Crippen molar-refractivity contribution in [2.24, 2.45) is 7.05 Å². The minimum atomic E-state index is -0.560. The van der Waals surface area contributed by atoms with E-state index in [9.17, 15) is 4.79 Å². The van der Waals surface area contributed by atoms with Gasteiger partial charge in [-0.3, -0.25) is 4.98 Å². The third-order valence-electron chi connectivity index (χ3n) is 7.15. The van der Waals surface area contributed by atoms with Gasteiger partial charge < -0.3 is 23.5 Å². The molecule has 198 valence electrons. The number of amides is 1. The Balaban J connectivity index is 1.51. The Morgan fingerprint density at radius 3 is 2.68 bits per heavy atom. The Hall–Kier alpha value is -3.83. The molecule has 1 fully saturated rings. The third kappa shape index (κ3) is 4.86. The molecule has 5 rings (SSSR count). The number of aromatic nitrogens is 4. The van der Waals surface area contributed by atoms with Crippen LogP contribution in [0.2, 0.25) is 0 Å². The smallest absolute Gasteiger partial charge is 0.410 e. The number of rotatable bonds is 3. The summed E-state index contributed by atoms with van der Waals surface area (Å²) >= 11 is 0. The fraction of sp³-hybridized carbons (Fsp3) is 0.433. The van der Waals surface area contributed by atoms with Gasteiger partial charge >= 0.3 is 6.09 Å². The Kier molecular flexibility index (Phi) is 6.66. The molecule has 0 bridgehead atoms. The van der Waals surface area contributed by atoms with Gasteiger partial charge in [-0.15, -0.1) is 0 Å². The van der Waals surface area contributed by atoms with Crippen LogP contribution >= 0.6 is 0 Å². The predicted molar refractivity (Wildman–Crippen MR) is 148 cm³/mol. The highest BCUT2D eigenvalue weighted by Crippen LogP contribution is 2.34. The van der Waals surface area contributed by atoms with Crippen molar-refractivity contribution in [3.05, 3.63) is 59.3 Å². The van der Waals surface area contributed by atoms with E-state index in [1.165, 1.54) is 0 Å². The molecule has 0 radical (unpaired) electrons. The highest BCUT2D eigenvalue weighted by atomic mass is 16.6. The number of hydrogen-bond acceptors (Lipinski definition) is 5. The molecule has 1 aliphatic heterocycles. The number of hydrogen-bond donors (Lipinski definition) is 0. The lowest BCUT2D eigenvalue weighted by Gasteiger charge is -2.28. The topological polar surface area (TPSA) is 74.4 Å². The van der Waals surface area contributed by atoms with Crippen LogP contribution in [0.1, 0.15) is 55.9 Å². The van der Waals surface area contributed by atoms with Crippen LogP contribution in [-0.2, 0) is 16.5 Å². The molecular formula is C30H35N5O3. The van der Waals surface area contributed by atoms with Crippen LogP contribution in [-0.4, -0.2) is 62.0 Å². The second kappa shape index (κ2) is 9.80. The summed E-state index contributed by atoms with van der Waals surface area (Å²) in [4.78, 5) is 24.0. The van der Waals surface area contributed by atoms with Gasteiger partial charge in [0.1, 0.15) is 11.4 Å². The van der Waals surface area contributed by atoms with Gasteiger partial charge in [0, 0.05) is 49.7 Å². The fourth-order valence-electron chi connectivity index (χ4n) is 5.30. The molecule has 4 heterocycles. The maximum atomic E-state index is 13.0. The molecule has 0 unspecified atom stereocenters. The number of carbonyl (C=O) groups excluding carboxylic acids is 1. The van der Waals surface area contributed by atoms with Crippen LogP contribution in [0.15, 0.2) is 36.7 Å². The van der Waals surface area contributed by atoms with E-state index in [4.69, 9.17) is 9.47 Å². The summed E-state index contributed by atoms with van der Waals surface area (Å²) in [6.45, 7) is 10.7. The lowest BCUT2D eigenvalue weighted by atomic mass is 10.1.